The summed E-state index contributed by atoms with van der Waals surface area (Å²) in [5.41, 5.74) is 2.53. The van der Waals surface area contributed by atoms with Crippen LogP contribution in [-0.2, 0) is 17.6 Å². The molecular weight excluding hydrogens is 456 g/mol. The van der Waals surface area contributed by atoms with Crippen LogP contribution >= 0.6 is 11.6 Å². The standard InChI is InChI=1S/C30H41ClN2O2/c1-24(2)22-32-19-20-35-28-13-6-4-9-25(28)10-7-8-14-30(23-32)15-17-33(18-16-30)29(34)21-26-11-3-5-12-27(26)31/h3-6,9,11-13,24H,7-8,10,14-23H2,1-2H3. The second kappa shape index (κ2) is 12.3. The summed E-state index contributed by atoms with van der Waals surface area (Å²) < 4.78 is 6.26. The van der Waals surface area contributed by atoms with Crippen LogP contribution in [0.15, 0.2) is 48.5 Å². The lowest BCUT2D eigenvalue weighted by atomic mass is 9.73. The van der Waals surface area contributed by atoms with Gasteiger partial charge < -0.3 is 9.64 Å². The maximum Gasteiger partial charge on any atom is 0.227 e. The maximum atomic E-state index is 13.1. The van der Waals surface area contributed by atoms with E-state index in [4.69, 9.17) is 16.3 Å². The van der Waals surface area contributed by atoms with Gasteiger partial charge >= 0.3 is 0 Å². The Morgan fingerprint density at radius 2 is 1.74 bits per heavy atom. The quantitative estimate of drug-likeness (QED) is 0.501. The topological polar surface area (TPSA) is 32.8 Å². The van der Waals surface area contributed by atoms with Crippen LogP contribution in [0.25, 0.3) is 0 Å². The number of rotatable bonds is 4. The molecule has 0 radical (unpaired) electrons. The average Bonchev–Trinajstić information content (AvgIpc) is 2.83. The summed E-state index contributed by atoms with van der Waals surface area (Å²) in [7, 11) is 0. The highest BCUT2D eigenvalue weighted by atomic mass is 35.5. The lowest BCUT2D eigenvalue weighted by Crippen LogP contribution is -2.49. The molecule has 190 valence electrons. The van der Waals surface area contributed by atoms with Gasteiger partial charge in [-0.05, 0) is 66.7 Å². The third-order valence-corrected chi connectivity index (χ3v) is 8.07. The molecule has 0 aliphatic carbocycles. The number of ether oxygens (including phenoxy) is 1. The Kier molecular flexibility index (Phi) is 9.13. The molecule has 1 saturated heterocycles. The van der Waals surface area contributed by atoms with Crippen molar-refractivity contribution in [2.75, 3.05) is 39.3 Å². The van der Waals surface area contributed by atoms with Gasteiger partial charge in [-0.2, -0.15) is 0 Å². The Bertz CT molecular complexity index is 968. The first-order chi connectivity index (χ1) is 16.9. The molecule has 2 aliphatic heterocycles. The SMILES string of the molecule is CC(C)CN1CCOc2ccccc2CCCCC2(CCN(C(=O)Cc3ccccc3Cl)CC2)C1. The lowest BCUT2D eigenvalue weighted by molar-refractivity contribution is -0.133. The number of amides is 1. The molecule has 2 aromatic rings. The number of hydrogen-bond donors (Lipinski definition) is 0. The van der Waals surface area contributed by atoms with E-state index in [0.29, 0.717) is 17.4 Å². The number of piperidine rings is 1. The highest BCUT2D eigenvalue weighted by Gasteiger charge is 2.37. The molecule has 0 aromatic heterocycles. The molecule has 2 aromatic carbocycles. The normalized spacial score (nSPS) is 19.5. The molecule has 5 heteroatoms. The molecule has 0 saturated carbocycles. The first-order valence-electron chi connectivity index (χ1n) is 13.4. The Morgan fingerprint density at radius 3 is 2.51 bits per heavy atom. The van der Waals surface area contributed by atoms with Crippen molar-refractivity contribution in [3.05, 3.63) is 64.7 Å². The highest BCUT2D eigenvalue weighted by Crippen LogP contribution is 2.39. The van der Waals surface area contributed by atoms with E-state index in [0.717, 1.165) is 69.9 Å². The van der Waals surface area contributed by atoms with E-state index < -0.39 is 0 Å². The van der Waals surface area contributed by atoms with Gasteiger partial charge in [0, 0.05) is 37.7 Å². The van der Waals surface area contributed by atoms with Crippen molar-refractivity contribution in [1.82, 2.24) is 9.80 Å². The summed E-state index contributed by atoms with van der Waals surface area (Å²) in [6.07, 6.45) is 7.25. The molecule has 1 amide bonds. The molecular formula is C30H41ClN2O2. The summed E-state index contributed by atoms with van der Waals surface area (Å²) in [6.45, 7) is 10.1. The van der Waals surface area contributed by atoms with E-state index in [2.05, 4.69) is 47.9 Å². The zero-order chi connectivity index (χ0) is 24.7. The zero-order valence-electron chi connectivity index (χ0n) is 21.5. The van der Waals surface area contributed by atoms with Crippen molar-refractivity contribution >= 4 is 17.5 Å². The van der Waals surface area contributed by atoms with Gasteiger partial charge in [0.05, 0.1) is 6.42 Å². The minimum Gasteiger partial charge on any atom is -0.492 e. The van der Waals surface area contributed by atoms with Crippen LogP contribution in [-0.4, -0.2) is 55.0 Å². The Balaban J connectivity index is 1.43. The van der Waals surface area contributed by atoms with Gasteiger partial charge in [0.15, 0.2) is 0 Å². The number of hydrogen-bond acceptors (Lipinski definition) is 3. The molecule has 0 bridgehead atoms. The second-order valence-corrected chi connectivity index (χ2v) is 11.3. The van der Waals surface area contributed by atoms with Crippen molar-refractivity contribution in [3.8, 4) is 5.75 Å². The van der Waals surface area contributed by atoms with Gasteiger partial charge in [0.1, 0.15) is 12.4 Å². The van der Waals surface area contributed by atoms with E-state index in [1.165, 1.54) is 24.8 Å². The smallest absolute Gasteiger partial charge is 0.227 e. The molecule has 1 fully saturated rings. The van der Waals surface area contributed by atoms with E-state index >= 15 is 0 Å². The third kappa shape index (κ3) is 7.24. The van der Waals surface area contributed by atoms with Crippen LogP contribution in [0.4, 0.5) is 0 Å². The second-order valence-electron chi connectivity index (χ2n) is 10.9. The predicted molar refractivity (Wildman–Crippen MR) is 144 cm³/mol. The fourth-order valence-corrected chi connectivity index (χ4v) is 6.01. The minimum absolute atomic E-state index is 0.199. The first kappa shape index (κ1) is 26.0. The molecule has 0 atom stereocenters. The summed E-state index contributed by atoms with van der Waals surface area (Å²) in [4.78, 5) is 17.8. The Morgan fingerprint density at radius 1 is 1.00 bits per heavy atom. The number of carbonyl (C=O) groups is 1. The molecule has 2 aliphatic rings. The molecule has 35 heavy (non-hydrogen) atoms. The van der Waals surface area contributed by atoms with Crippen LogP contribution in [0.3, 0.4) is 0 Å². The molecule has 4 rings (SSSR count). The Hall–Kier alpha value is -2.04. The van der Waals surface area contributed by atoms with Crippen molar-refractivity contribution < 1.29 is 9.53 Å². The fraction of sp³-hybridized carbons (Fsp3) is 0.567. The molecule has 1 spiro atoms. The zero-order valence-corrected chi connectivity index (χ0v) is 22.2. The number of para-hydroxylation sites is 1. The summed E-state index contributed by atoms with van der Waals surface area (Å²) in [5.74, 6) is 1.87. The van der Waals surface area contributed by atoms with Gasteiger partial charge in [-0.3, -0.25) is 9.69 Å². The number of nitrogens with zero attached hydrogens (tertiary/aromatic N) is 2. The molecule has 0 N–H and O–H groups in total. The van der Waals surface area contributed by atoms with E-state index in [-0.39, 0.29) is 11.3 Å². The molecule has 4 nitrogen and oxygen atoms in total. The Labute approximate surface area is 216 Å². The van der Waals surface area contributed by atoms with Crippen LogP contribution in [0.2, 0.25) is 5.02 Å². The fourth-order valence-electron chi connectivity index (χ4n) is 5.81. The largest absolute Gasteiger partial charge is 0.492 e. The molecule has 0 unspecified atom stereocenters. The van der Waals surface area contributed by atoms with Gasteiger partial charge in [0.25, 0.3) is 0 Å². The summed E-state index contributed by atoms with van der Waals surface area (Å²) >= 11 is 6.31. The van der Waals surface area contributed by atoms with Crippen molar-refractivity contribution in [3.63, 3.8) is 0 Å². The average molecular weight is 497 g/mol. The monoisotopic (exact) mass is 496 g/mol. The van der Waals surface area contributed by atoms with Crippen molar-refractivity contribution in [1.29, 1.82) is 0 Å². The first-order valence-corrected chi connectivity index (χ1v) is 13.8. The van der Waals surface area contributed by atoms with Crippen LogP contribution in [0.5, 0.6) is 5.75 Å². The van der Waals surface area contributed by atoms with E-state index in [9.17, 15) is 4.79 Å². The third-order valence-electron chi connectivity index (χ3n) is 7.70. The number of carbonyl (C=O) groups excluding carboxylic acids is 1. The number of likely N-dealkylation sites (tertiary alicyclic amines) is 1. The van der Waals surface area contributed by atoms with E-state index in [1.807, 2.05) is 24.3 Å². The number of halogens is 1. The summed E-state index contributed by atoms with van der Waals surface area (Å²) in [6, 6.07) is 16.2. The summed E-state index contributed by atoms with van der Waals surface area (Å²) in [5, 5.41) is 0.682. The molecule has 2 heterocycles. The number of aryl methyl sites for hydroxylation is 1. The van der Waals surface area contributed by atoms with Crippen LogP contribution in [0, 0.1) is 11.3 Å². The van der Waals surface area contributed by atoms with Gasteiger partial charge in [-0.25, -0.2) is 0 Å². The van der Waals surface area contributed by atoms with Crippen molar-refractivity contribution in [2.45, 2.75) is 58.8 Å². The van der Waals surface area contributed by atoms with Gasteiger partial charge in [-0.15, -0.1) is 0 Å². The maximum absolute atomic E-state index is 13.1. The van der Waals surface area contributed by atoms with Gasteiger partial charge in [-0.1, -0.05) is 68.3 Å². The van der Waals surface area contributed by atoms with Crippen LogP contribution in [0.1, 0.15) is 57.1 Å². The predicted octanol–water partition coefficient (Wildman–Crippen LogP) is 6.25. The van der Waals surface area contributed by atoms with Crippen molar-refractivity contribution in [2.24, 2.45) is 11.3 Å². The van der Waals surface area contributed by atoms with E-state index in [1.54, 1.807) is 0 Å². The lowest BCUT2D eigenvalue weighted by Gasteiger charge is -2.45. The highest BCUT2D eigenvalue weighted by molar-refractivity contribution is 6.31. The minimum atomic E-state index is 0.199. The number of benzene rings is 2. The number of fused-ring (bicyclic) bond motifs is 1. The van der Waals surface area contributed by atoms with Crippen LogP contribution < -0.4 is 4.74 Å². The van der Waals surface area contributed by atoms with Gasteiger partial charge in [0.2, 0.25) is 5.91 Å².